The minimum absolute atomic E-state index is 0.192. The van der Waals surface area contributed by atoms with Crippen molar-refractivity contribution in [3.05, 3.63) is 11.8 Å². The van der Waals surface area contributed by atoms with Crippen molar-refractivity contribution in [1.29, 1.82) is 0 Å². The van der Waals surface area contributed by atoms with Gasteiger partial charge >= 0.3 is 6.41 Å². The summed E-state index contributed by atoms with van der Waals surface area (Å²) in [6.07, 6.45) is 1.46. The molecule has 0 aliphatic heterocycles. The molecule has 0 saturated carbocycles. The summed E-state index contributed by atoms with van der Waals surface area (Å²) in [5.74, 6) is 0.198. The SMILES string of the molecule is O=[C]NCc1cc(O)no1. The van der Waals surface area contributed by atoms with Crippen molar-refractivity contribution >= 4 is 6.41 Å². The molecular weight excluding hydrogens is 136 g/mol. The van der Waals surface area contributed by atoms with Crippen LogP contribution in [-0.4, -0.2) is 16.7 Å². The average Bonchev–Trinajstić information content (AvgIpc) is 2.31. The average molecular weight is 141 g/mol. The Kier molecular flexibility index (Phi) is 1.89. The maximum atomic E-state index is 9.62. The van der Waals surface area contributed by atoms with Gasteiger partial charge in [0.05, 0.1) is 6.54 Å². The highest BCUT2D eigenvalue weighted by Gasteiger charge is 1.99. The summed E-state index contributed by atoms with van der Waals surface area (Å²) in [6, 6.07) is 1.31. The fourth-order valence-electron chi connectivity index (χ4n) is 0.509. The lowest BCUT2D eigenvalue weighted by atomic mass is 10.4. The van der Waals surface area contributed by atoms with E-state index in [2.05, 4.69) is 15.0 Å². The number of nitrogens with one attached hydrogen (secondary N) is 1. The predicted octanol–water partition coefficient (Wildman–Crippen LogP) is -0.463. The van der Waals surface area contributed by atoms with Gasteiger partial charge in [0, 0.05) is 6.07 Å². The lowest BCUT2D eigenvalue weighted by Gasteiger charge is -1.86. The van der Waals surface area contributed by atoms with Crippen LogP contribution in [0.3, 0.4) is 0 Å². The number of rotatable bonds is 3. The van der Waals surface area contributed by atoms with Gasteiger partial charge in [-0.3, -0.25) is 4.79 Å². The van der Waals surface area contributed by atoms with E-state index in [-0.39, 0.29) is 12.4 Å². The van der Waals surface area contributed by atoms with Gasteiger partial charge < -0.3 is 14.9 Å². The third kappa shape index (κ3) is 1.48. The quantitative estimate of drug-likeness (QED) is 0.558. The second-order valence-electron chi connectivity index (χ2n) is 1.61. The highest BCUT2D eigenvalue weighted by atomic mass is 16.5. The summed E-state index contributed by atoms with van der Waals surface area (Å²) in [7, 11) is 0. The molecule has 1 aromatic heterocycles. The highest BCUT2D eigenvalue weighted by molar-refractivity contribution is 5.46. The number of nitrogens with zero attached hydrogens (tertiary/aromatic N) is 1. The van der Waals surface area contributed by atoms with Crippen LogP contribution in [-0.2, 0) is 11.3 Å². The van der Waals surface area contributed by atoms with Gasteiger partial charge in [-0.05, 0) is 5.16 Å². The molecule has 0 saturated heterocycles. The third-order valence-corrected chi connectivity index (χ3v) is 0.881. The van der Waals surface area contributed by atoms with E-state index in [0.29, 0.717) is 5.76 Å². The Morgan fingerprint density at radius 1 is 1.90 bits per heavy atom. The van der Waals surface area contributed by atoms with Gasteiger partial charge in [-0.2, -0.15) is 0 Å². The van der Waals surface area contributed by atoms with E-state index in [4.69, 9.17) is 5.11 Å². The van der Waals surface area contributed by atoms with Crippen molar-refractivity contribution in [2.75, 3.05) is 0 Å². The molecule has 1 heterocycles. The van der Waals surface area contributed by atoms with Gasteiger partial charge in [0.2, 0.25) is 0 Å². The van der Waals surface area contributed by atoms with Gasteiger partial charge in [-0.15, -0.1) is 0 Å². The van der Waals surface area contributed by atoms with Crippen molar-refractivity contribution in [1.82, 2.24) is 10.5 Å². The lowest BCUT2D eigenvalue weighted by molar-refractivity contribution is 0.339. The zero-order chi connectivity index (χ0) is 7.40. The topological polar surface area (TPSA) is 75.4 Å². The molecule has 53 valence electrons. The van der Waals surface area contributed by atoms with Crippen LogP contribution in [0.25, 0.3) is 0 Å². The molecule has 5 heteroatoms. The molecule has 0 fully saturated rings. The van der Waals surface area contributed by atoms with Crippen LogP contribution in [0.4, 0.5) is 0 Å². The number of aromatic hydroxyl groups is 1. The van der Waals surface area contributed by atoms with E-state index in [9.17, 15) is 4.79 Å². The Hall–Kier alpha value is -1.52. The summed E-state index contributed by atoms with van der Waals surface area (Å²) in [6.45, 7) is 0.192. The monoisotopic (exact) mass is 141 g/mol. The molecule has 1 radical (unpaired) electrons. The van der Waals surface area contributed by atoms with Crippen LogP contribution < -0.4 is 5.32 Å². The molecular formula is C5H5N2O3. The summed E-state index contributed by atoms with van der Waals surface area (Å²) in [5.41, 5.74) is 0. The van der Waals surface area contributed by atoms with Crippen molar-refractivity contribution in [2.24, 2.45) is 0 Å². The first-order valence-electron chi connectivity index (χ1n) is 2.57. The number of hydrogen-bond acceptors (Lipinski definition) is 4. The minimum atomic E-state index is -0.192. The summed E-state index contributed by atoms with van der Waals surface area (Å²) < 4.78 is 4.52. The first-order chi connectivity index (χ1) is 4.83. The third-order valence-electron chi connectivity index (χ3n) is 0.881. The molecule has 2 N–H and O–H groups in total. The number of hydrogen-bond donors (Lipinski definition) is 2. The molecule has 0 atom stereocenters. The predicted molar refractivity (Wildman–Crippen MR) is 30.7 cm³/mol. The minimum Gasteiger partial charge on any atom is -0.491 e. The largest absolute Gasteiger partial charge is 0.491 e. The summed E-state index contributed by atoms with van der Waals surface area (Å²) in [4.78, 5) is 9.62. The normalized spacial score (nSPS) is 9.20. The van der Waals surface area contributed by atoms with Crippen LogP contribution in [0.1, 0.15) is 5.76 Å². The summed E-state index contributed by atoms with van der Waals surface area (Å²) in [5, 5.41) is 14.0. The molecule has 0 spiro atoms. The van der Waals surface area contributed by atoms with E-state index in [1.807, 2.05) is 0 Å². The van der Waals surface area contributed by atoms with Gasteiger partial charge in [0.1, 0.15) is 0 Å². The zero-order valence-electron chi connectivity index (χ0n) is 5.00. The van der Waals surface area contributed by atoms with E-state index >= 15 is 0 Å². The fourth-order valence-corrected chi connectivity index (χ4v) is 0.509. The van der Waals surface area contributed by atoms with E-state index < -0.39 is 0 Å². The molecule has 1 rings (SSSR count). The van der Waals surface area contributed by atoms with Crippen molar-refractivity contribution < 1.29 is 14.4 Å². The fraction of sp³-hybridized carbons (Fsp3) is 0.200. The van der Waals surface area contributed by atoms with Crippen LogP contribution >= 0.6 is 0 Å². The smallest absolute Gasteiger partial charge is 0.309 e. The Morgan fingerprint density at radius 2 is 2.70 bits per heavy atom. The van der Waals surface area contributed by atoms with Gasteiger partial charge in [0.25, 0.3) is 5.88 Å². The molecule has 1 aromatic rings. The van der Waals surface area contributed by atoms with Gasteiger partial charge in [0.15, 0.2) is 5.76 Å². The van der Waals surface area contributed by atoms with Crippen LogP contribution in [0.15, 0.2) is 10.6 Å². The van der Waals surface area contributed by atoms with Gasteiger partial charge in [-0.1, -0.05) is 0 Å². The molecule has 5 nitrogen and oxygen atoms in total. The molecule has 0 aliphatic carbocycles. The Balaban J connectivity index is 2.49. The molecule has 1 amide bonds. The number of aromatic nitrogens is 1. The van der Waals surface area contributed by atoms with Crippen molar-refractivity contribution in [3.63, 3.8) is 0 Å². The summed E-state index contributed by atoms with van der Waals surface area (Å²) >= 11 is 0. The van der Waals surface area contributed by atoms with E-state index in [1.54, 1.807) is 0 Å². The number of carbonyl (C=O) groups excluding carboxylic acids is 1. The zero-order valence-corrected chi connectivity index (χ0v) is 5.00. The second-order valence-corrected chi connectivity index (χ2v) is 1.61. The Morgan fingerprint density at radius 3 is 3.20 bits per heavy atom. The molecule has 0 aromatic carbocycles. The highest BCUT2D eigenvalue weighted by Crippen LogP contribution is 2.07. The Labute approximate surface area is 56.6 Å². The van der Waals surface area contributed by atoms with Crippen molar-refractivity contribution in [3.8, 4) is 5.88 Å². The Bertz CT molecular complexity index is 220. The van der Waals surface area contributed by atoms with E-state index in [1.165, 1.54) is 12.5 Å². The molecule has 0 unspecified atom stereocenters. The maximum Gasteiger partial charge on any atom is 0.309 e. The first-order valence-corrected chi connectivity index (χ1v) is 2.57. The first kappa shape index (κ1) is 6.60. The molecule has 0 aliphatic rings. The second kappa shape index (κ2) is 2.86. The van der Waals surface area contributed by atoms with Crippen molar-refractivity contribution in [2.45, 2.75) is 6.54 Å². The van der Waals surface area contributed by atoms with Gasteiger partial charge in [-0.25, -0.2) is 0 Å². The maximum absolute atomic E-state index is 9.62. The number of amides is 1. The van der Waals surface area contributed by atoms with E-state index in [0.717, 1.165) is 0 Å². The molecule has 0 bridgehead atoms. The molecule has 10 heavy (non-hydrogen) atoms. The van der Waals surface area contributed by atoms with Crippen LogP contribution in [0.5, 0.6) is 5.88 Å². The lowest BCUT2D eigenvalue weighted by Crippen LogP contribution is -2.08. The van der Waals surface area contributed by atoms with Crippen LogP contribution in [0.2, 0.25) is 0 Å². The standard InChI is InChI=1S/C5H5N2O3/c8-3-6-2-4-1-5(9)7-10-4/h1H,2H2,(H,6,8)(H,7,9). The van der Waals surface area contributed by atoms with Crippen LogP contribution in [0, 0.1) is 0 Å².